The molecule has 1 atom stereocenters. The fourth-order valence-electron chi connectivity index (χ4n) is 1.51. The van der Waals surface area contributed by atoms with Crippen LogP contribution in [0.2, 0.25) is 0 Å². The molecule has 0 aliphatic carbocycles. The number of hydrogen-bond donors (Lipinski definition) is 1. The van der Waals surface area contributed by atoms with Crippen LogP contribution >= 0.6 is 0 Å². The quantitative estimate of drug-likeness (QED) is 0.829. The molecular weight excluding hydrogens is 195 g/mol. The van der Waals surface area contributed by atoms with Gasteiger partial charge in [0.05, 0.1) is 5.92 Å². The van der Waals surface area contributed by atoms with E-state index in [-0.39, 0.29) is 18.2 Å². The van der Waals surface area contributed by atoms with E-state index in [1.165, 1.54) is 6.07 Å². The Bertz CT molecular complexity index is 347. The van der Waals surface area contributed by atoms with Crippen molar-refractivity contribution in [3.8, 4) is 0 Å². The molecule has 15 heavy (non-hydrogen) atoms. The van der Waals surface area contributed by atoms with Crippen molar-refractivity contribution in [3.63, 3.8) is 0 Å². The van der Waals surface area contributed by atoms with Gasteiger partial charge in [-0.15, -0.1) is 0 Å². The largest absolute Gasteiger partial charge is 0.481 e. The van der Waals surface area contributed by atoms with Crippen LogP contribution in [-0.2, 0) is 11.2 Å². The molecule has 1 N–H and O–H groups in total. The van der Waals surface area contributed by atoms with Gasteiger partial charge in [-0.1, -0.05) is 32.0 Å². The third kappa shape index (κ3) is 3.05. The molecule has 1 aromatic rings. The van der Waals surface area contributed by atoms with E-state index in [0.29, 0.717) is 5.56 Å². The van der Waals surface area contributed by atoms with Gasteiger partial charge in [0.15, 0.2) is 0 Å². The predicted molar refractivity (Wildman–Crippen MR) is 56.1 cm³/mol. The smallest absolute Gasteiger partial charge is 0.307 e. The number of rotatable bonds is 4. The van der Waals surface area contributed by atoms with Crippen LogP contribution in [0.25, 0.3) is 0 Å². The van der Waals surface area contributed by atoms with E-state index in [9.17, 15) is 9.18 Å². The molecule has 0 amide bonds. The fraction of sp³-hybridized carbons (Fsp3) is 0.417. The first-order valence-corrected chi connectivity index (χ1v) is 4.98. The summed E-state index contributed by atoms with van der Waals surface area (Å²) in [5.41, 5.74) is 0.471. The molecule has 1 rings (SSSR count). The van der Waals surface area contributed by atoms with E-state index in [1.807, 2.05) is 13.8 Å². The third-order valence-corrected chi connectivity index (χ3v) is 2.52. The second kappa shape index (κ2) is 4.91. The molecule has 0 bridgehead atoms. The van der Waals surface area contributed by atoms with Crippen molar-refractivity contribution in [2.24, 2.45) is 11.8 Å². The van der Waals surface area contributed by atoms with E-state index < -0.39 is 11.9 Å². The Morgan fingerprint density at radius 3 is 2.47 bits per heavy atom. The molecule has 3 heteroatoms. The van der Waals surface area contributed by atoms with Crippen LogP contribution in [0, 0.1) is 17.7 Å². The molecular formula is C12H15FO2. The maximum Gasteiger partial charge on any atom is 0.307 e. The third-order valence-electron chi connectivity index (χ3n) is 2.52. The van der Waals surface area contributed by atoms with Crippen molar-refractivity contribution in [1.29, 1.82) is 0 Å². The normalized spacial score (nSPS) is 12.8. The molecule has 0 fully saturated rings. The summed E-state index contributed by atoms with van der Waals surface area (Å²) in [7, 11) is 0. The fourth-order valence-corrected chi connectivity index (χ4v) is 1.51. The molecule has 0 aromatic heterocycles. The zero-order valence-corrected chi connectivity index (χ0v) is 8.90. The molecule has 1 unspecified atom stereocenters. The zero-order valence-electron chi connectivity index (χ0n) is 8.90. The minimum Gasteiger partial charge on any atom is -0.481 e. The highest BCUT2D eigenvalue weighted by molar-refractivity contribution is 5.70. The molecule has 0 saturated carbocycles. The number of hydrogen-bond acceptors (Lipinski definition) is 1. The summed E-state index contributed by atoms with van der Waals surface area (Å²) in [6, 6.07) is 6.31. The number of carboxylic acids is 1. The maximum atomic E-state index is 13.3. The minimum atomic E-state index is -0.867. The maximum absolute atomic E-state index is 13.3. The van der Waals surface area contributed by atoms with Crippen LogP contribution in [-0.4, -0.2) is 11.1 Å². The van der Waals surface area contributed by atoms with Gasteiger partial charge in [0.2, 0.25) is 0 Å². The van der Waals surface area contributed by atoms with Crippen molar-refractivity contribution >= 4 is 5.97 Å². The predicted octanol–water partition coefficient (Wildman–Crippen LogP) is 2.73. The lowest BCUT2D eigenvalue weighted by molar-refractivity contribution is -0.143. The number of halogens is 1. The standard InChI is InChI=1S/C12H15FO2/c1-8(2)10(12(14)15)7-9-5-3-4-6-11(9)13/h3-6,8,10H,7H2,1-2H3,(H,14,15). The highest BCUT2D eigenvalue weighted by atomic mass is 19.1. The summed E-state index contributed by atoms with van der Waals surface area (Å²) in [4.78, 5) is 10.9. The molecule has 2 nitrogen and oxygen atoms in total. The second-order valence-corrected chi connectivity index (χ2v) is 3.98. The first kappa shape index (κ1) is 11.7. The van der Waals surface area contributed by atoms with Crippen LogP contribution < -0.4 is 0 Å². The minimum absolute atomic E-state index is 0.00195. The van der Waals surface area contributed by atoms with E-state index in [4.69, 9.17) is 5.11 Å². The average Bonchev–Trinajstić information content (AvgIpc) is 2.15. The summed E-state index contributed by atoms with van der Waals surface area (Å²) in [6.07, 6.45) is 0.250. The molecule has 82 valence electrons. The lowest BCUT2D eigenvalue weighted by Gasteiger charge is -2.16. The number of carboxylic acid groups (broad SMARTS) is 1. The van der Waals surface area contributed by atoms with Crippen molar-refractivity contribution in [3.05, 3.63) is 35.6 Å². The molecule has 0 spiro atoms. The molecule has 0 aliphatic rings. The molecule has 0 aliphatic heterocycles. The van der Waals surface area contributed by atoms with Crippen LogP contribution in [0.5, 0.6) is 0 Å². The van der Waals surface area contributed by atoms with Crippen molar-refractivity contribution in [1.82, 2.24) is 0 Å². The Morgan fingerprint density at radius 1 is 1.40 bits per heavy atom. The molecule has 1 aromatic carbocycles. The highest BCUT2D eigenvalue weighted by Crippen LogP contribution is 2.19. The van der Waals surface area contributed by atoms with E-state index in [0.717, 1.165) is 0 Å². The monoisotopic (exact) mass is 210 g/mol. The van der Waals surface area contributed by atoms with Gasteiger partial charge in [-0.25, -0.2) is 4.39 Å². The SMILES string of the molecule is CC(C)C(Cc1ccccc1F)C(=O)O. The molecule has 0 saturated heterocycles. The number of aliphatic carboxylic acids is 1. The van der Waals surface area contributed by atoms with E-state index in [2.05, 4.69) is 0 Å². The summed E-state index contributed by atoms with van der Waals surface area (Å²) in [5, 5.41) is 8.97. The second-order valence-electron chi connectivity index (χ2n) is 3.98. The van der Waals surface area contributed by atoms with E-state index in [1.54, 1.807) is 18.2 Å². The molecule has 0 heterocycles. The Kier molecular flexibility index (Phi) is 3.83. The van der Waals surface area contributed by atoms with Crippen molar-refractivity contribution in [2.75, 3.05) is 0 Å². The summed E-state index contributed by atoms with van der Waals surface area (Å²) in [5.74, 6) is -1.72. The molecule has 0 radical (unpaired) electrons. The zero-order chi connectivity index (χ0) is 11.4. The summed E-state index contributed by atoms with van der Waals surface area (Å²) in [6.45, 7) is 3.67. The van der Waals surface area contributed by atoms with Gasteiger partial charge in [0, 0.05) is 0 Å². The Labute approximate surface area is 88.7 Å². The van der Waals surface area contributed by atoms with Gasteiger partial charge in [-0.2, -0.15) is 0 Å². The number of carbonyl (C=O) groups is 1. The topological polar surface area (TPSA) is 37.3 Å². The Balaban J connectivity index is 2.84. The van der Waals surface area contributed by atoms with Crippen molar-refractivity contribution in [2.45, 2.75) is 20.3 Å². The Hall–Kier alpha value is -1.38. The van der Waals surface area contributed by atoms with Gasteiger partial charge in [0.1, 0.15) is 5.82 Å². The highest BCUT2D eigenvalue weighted by Gasteiger charge is 2.22. The lowest BCUT2D eigenvalue weighted by atomic mass is 9.89. The summed E-state index contributed by atoms with van der Waals surface area (Å²) >= 11 is 0. The van der Waals surface area contributed by atoms with Crippen LogP contribution in [0.3, 0.4) is 0 Å². The van der Waals surface area contributed by atoms with Gasteiger partial charge >= 0.3 is 5.97 Å². The lowest BCUT2D eigenvalue weighted by Crippen LogP contribution is -2.22. The first-order chi connectivity index (χ1) is 7.02. The van der Waals surface area contributed by atoms with Crippen LogP contribution in [0.15, 0.2) is 24.3 Å². The van der Waals surface area contributed by atoms with Gasteiger partial charge < -0.3 is 5.11 Å². The summed E-state index contributed by atoms with van der Waals surface area (Å²) < 4.78 is 13.3. The first-order valence-electron chi connectivity index (χ1n) is 4.98. The van der Waals surface area contributed by atoms with Gasteiger partial charge in [-0.3, -0.25) is 4.79 Å². The van der Waals surface area contributed by atoms with Crippen LogP contribution in [0.1, 0.15) is 19.4 Å². The van der Waals surface area contributed by atoms with Gasteiger partial charge in [0.25, 0.3) is 0 Å². The van der Waals surface area contributed by atoms with E-state index >= 15 is 0 Å². The number of benzene rings is 1. The van der Waals surface area contributed by atoms with Gasteiger partial charge in [-0.05, 0) is 24.0 Å². The average molecular weight is 210 g/mol. The Morgan fingerprint density at radius 2 is 2.00 bits per heavy atom. The van der Waals surface area contributed by atoms with Crippen LogP contribution in [0.4, 0.5) is 4.39 Å². The van der Waals surface area contributed by atoms with Crippen molar-refractivity contribution < 1.29 is 14.3 Å².